The highest BCUT2D eigenvalue weighted by Crippen LogP contribution is 2.23. The predicted octanol–water partition coefficient (Wildman–Crippen LogP) is 2.02. The molecule has 0 bridgehead atoms. The number of carbonyl (C=O) groups excluding carboxylic acids is 1. The molecule has 2 aromatic carbocycles. The summed E-state index contributed by atoms with van der Waals surface area (Å²) in [6.07, 6.45) is 0. The van der Waals surface area contributed by atoms with Gasteiger partial charge in [0, 0.05) is 12.1 Å². The molecule has 2 rings (SSSR count). The number of carbonyl (C=O) groups is 1. The first-order valence-corrected chi connectivity index (χ1v) is 5.09. The lowest BCUT2D eigenvalue weighted by molar-refractivity contribution is 0.0733. The first-order valence-electron chi connectivity index (χ1n) is 5.09. The van der Waals surface area contributed by atoms with Crippen LogP contribution in [-0.4, -0.2) is 21.3 Å². The molecule has 0 aliphatic carbocycles. The number of hydrogen-bond acceptors (Lipinski definition) is 5. The minimum Gasteiger partial charge on any atom is -0.508 e. The van der Waals surface area contributed by atoms with Crippen molar-refractivity contribution in [3.05, 3.63) is 48.0 Å². The second-order valence-corrected chi connectivity index (χ2v) is 3.62. The molecule has 0 unspecified atom stereocenters. The average Bonchev–Trinajstić information content (AvgIpc) is 2.27. The van der Waals surface area contributed by atoms with Crippen LogP contribution in [0.15, 0.2) is 42.5 Å². The molecule has 92 valence electrons. The zero-order valence-corrected chi connectivity index (χ0v) is 9.20. The standard InChI is InChI=1S/C13H10O5/c14-9-2-1-3-12(7-9)18-13(17)8-4-10(15)6-11(16)5-8/h1-7,14-16H. The highest BCUT2D eigenvalue weighted by Gasteiger charge is 2.11. The fourth-order valence-electron chi connectivity index (χ4n) is 1.43. The Kier molecular flexibility index (Phi) is 3.05. The number of phenols is 3. The molecule has 5 nitrogen and oxygen atoms in total. The van der Waals surface area contributed by atoms with E-state index < -0.39 is 5.97 Å². The Bertz CT molecular complexity index is 571. The normalized spacial score (nSPS) is 10.0. The van der Waals surface area contributed by atoms with E-state index in [-0.39, 0.29) is 28.6 Å². The highest BCUT2D eigenvalue weighted by molar-refractivity contribution is 5.92. The summed E-state index contributed by atoms with van der Waals surface area (Å²) in [6.45, 7) is 0. The second kappa shape index (κ2) is 4.67. The number of esters is 1. The number of ether oxygens (including phenoxy) is 1. The Morgan fingerprint density at radius 3 is 2.17 bits per heavy atom. The van der Waals surface area contributed by atoms with Gasteiger partial charge in [-0.25, -0.2) is 4.79 Å². The minimum atomic E-state index is -0.744. The summed E-state index contributed by atoms with van der Waals surface area (Å²) in [6, 6.07) is 9.19. The van der Waals surface area contributed by atoms with Gasteiger partial charge < -0.3 is 20.1 Å². The topological polar surface area (TPSA) is 87.0 Å². The van der Waals surface area contributed by atoms with Crippen LogP contribution in [0.5, 0.6) is 23.0 Å². The fraction of sp³-hybridized carbons (Fsp3) is 0. The number of hydrogen-bond donors (Lipinski definition) is 3. The van der Waals surface area contributed by atoms with Crippen molar-refractivity contribution in [3.63, 3.8) is 0 Å². The molecule has 2 aromatic rings. The predicted molar refractivity (Wildman–Crippen MR) is 62.8 cm³/mol. The molecule has 5 heteroatoms. The molecular weight excluding hydrogens is 236 g/mol. The summed E-state index contributed by atoms with van der Waals surface area (Å²) in [4.78, 5) is 11.7. The van der Waals surface area contributed by atoms with E-state index in [2.05, 4.69) is 0 Å². The fourth-order valence-corrected chi connectivity index (χ4v) is 1.43. The monoisotopic (exact) mass is 246 g/mol. The maximum absolute atomic E-state index is 11.7. The number of phenolic OH excluding ortho intramolecular Hbond substituents is 3. The SMILES string of the molecule is O=C(Oc1cccc(O)c1)c1cc(O)cc(O)c1. The Balaban J connectivity index is 2.22. The quantitative estimate of drug-likeness (QED) is 0.557. The molecule has 0 aliphatic rings. The van der Waals surface area contributed by atoms with Gasteiger partial charge in [-0.3, -0.25) is 0 Å². The molecule has 0 saturated heterocycles. The lowest BCUT2D eigenvalue weighted by Gasteiger charge is -2.05. The lowest BCUT2D eigenvalue weighted by atomic mass is 10.2. The zero-order valence-electron chi connectivity index (χ0n) is 9.20. The maximum Gasteiger partial charge on any atom is 0.343 e. The van der Waals surface area contributed by atoms with E-state index in [9.17, 15) is 20.1 Å². The summed E-state index contributed by atoms with van der Waals surface area (Å²) in [5.74, 6) is -1.08. The Labute approximate surface area is 103 Å². The molecule has 3 N–H and O–H groups in total. The van der Waals surface area contributed by atoms with Crippen molar-refractivity contribution in [2.75, 3.05) is 0 Å². The number of benzene rings is 2. The lowest BCUT2D eigenvalue weighted by Crippen LogP contribution is -2.08. The third-order valence-corrected chi connectivity index (χ3v) is 2.17. The van der Waals surface area contributed by atoms with Gasteiger partial charge in [0.1, 0.15) is 23.0 Å². The molecular formula is C13H10O5. The highest BCUT2D eigenvalue weighted by atomic mass is 16.5. The van der Waals surface area contributed by atoms with Gasteiger partial charge in [0.15, 0.2) is 0 Å². The van der Waals surface area contributed by atoms with E-state index in [1.54, 1.807) is 0 Å². The van der Waals surface area contributed by atoms with Crippen LogP contribution in [0.4, 0.5) is 0 Å². The van der Waals surface area contributed by atoms with Gasteiger partial charge >= 0.3 is 5.97 Å². The van der Waals surface area contributed by atoms with Crippen LogP contribution in [0.3, 0.4) is 0 Å². The van der Waals surface area contributed by atoms with Crippen LogP contribution in [0.25, 0.3) is 0 Å². The molecule has 0 aromatic heterocycles. The molecule has 0 aliphatic heterocycles. The van der Waals surface area contributed by atoms with Crippen LogP contribution in [0.1, 0.15) is 10.4 Å². The van der Waals surface area contributed by atoms with Crippen LogP contribution < -0.4 is 4.74 Å². The second-order valence-electron chi connectivity index (χ2n) is 3.62. The summed E-state index contributed by atoms with van der Waals surface area (Å²) in [7, 11) is 0. The van der Waals surface area contributed by atoms with Gasteiger partial charge in [-0.05, 0) is 24.3 Å². The van der Waals surface area contributed by atoms with Gasteiger partial charge in [-0.1, -0.05) is 6.07 Å². The largest absolute Gasteiger partial charge is 0.508 e. The van der Waals surface area contributed by atoms with E-state index in [1.165, 1.54) is 36.4 Å². The first-order chi connectivity index (χ1) is 8.54. The van der Waals surface area contributed by atoms with Crippen LogP contribution >= 0.6 is 0 Å². The third-order valence-electron chi connectivity index (χ3n) is 2.17. The Hall–Kier alpha value is -2.69. The van der Waals surface area contributed by atoms with Crippen molar-refractivity contribution in [2.24, 2.45) is 0 Å². The van der Waals surface area contributed by atoms with Crippen molar-refractivity contribution in [2.45, 2.75) is 0 Å². The van der Waals surface area contributed by atoms with Crippen molar-refractivity contribution in [3.8, 4) is 23.0 Å². The summed E-state index contributed by atoms with van der Waals surface area (Å²) in [5.41, 5.74) is 0.0100. The van der Waals surface area contributed by atoms with Gasteiger partial charge in [-0.15, -0.1) is 0 Å². The molecule has 0 radical (unpaired) electrons. The van der Waals surface area contributed by atoms with Gasteiger partial charge in [-0.2, -0.15) is 0 Å². The van der Waals surface area contributed by atoms with Crippen LogP contribution in [0, 0.1) is 0 Å². The van der Waals surface area contributed by atoms with Crippen molar-refractivity contribution in [1.29, 1.82) is 0 Å². The van der Waals surface area contributed by atoms with Crippen LogP contribution in [-0.2, 0) is 0 Å². The summed E-state index contributed by atoms with van der Waals surface area (Å²) < 4.78 is 4.97. The average molecular weight is 246 g/mol. The van der Waals surface area contributed by atoms with Gasteiger partial charge in [0.2, 0.25) is 0 Å². The molecule has 0 spiro atoms. The van der Waals surface area contributed by atoms with Crippen molar-refractivity contribution >= 4 is 5.97 Å². The van der Waals surface area contributed by atoms with E-state index in [0.717, 1.165) is 6.07 Å². The van der Waals surface area contributed by atoms with E-state index in [4.69, 9.17) is 4.74 Å². The van der Waals surface area contributed by atoms with Crippen molar-refractivity contribution < 1.29 is 24.9 Å². The zero-order chi connectivity index (χ0) is 13.1. The molecule has 0 amide bonds. The Morgan fingerprint density at radius 2 is 1.56 bits per heavy atom. The number of aromatic hydroxyl groups is 3. The number of rotatable bonds is 2. The van der Waals surface area contributed by atoms with Gasteiger partial charge in [0.05, 0.1) is 5.56 Å². The smallest absolute Gasteiger partial charge is 0.343 e. The molecule has 18 heavy (non-hydrogen) atoms. The Morgan fingerprint density at radius 1 is 0.889 bits per heavy atom. The summed E-state index contributed by atoms with van der Waals surface area (Å²) >= 11 is 0. The van der Waals surface area contributed by atoms with E-state index >= 15 is 0 Å². The molecule has 0 saturated carbocycles. The van der Waals surface area contributed by atoms with Crippen molar-refractivity contribution in [1.82, 2.24) is 0 Å². The van der Waals surface area contributed by atoms with Gasteiger partial charge in [0.25, 0.3) is 0 Å². The third kappa shape index (κ3) is 2.70. The first kappa shape index (κ1) is 11.8. The molecule has 0 heterocycles. The summed E-state index contributed by atoms with van der Waals surface area (Å²) in [5, 5.41) is 27.7. The minimum absolute atomic E-state index is 0.0100. The van der Waals surface area contributed by atoms with E-state index in [1.807, 2.05) is 0 Å². The maximum atomic E-state index is 11.7. The van der Waals surface area contributed by atoms with Crippen LogP contribution in [0.2, 0.25) is 0 Å². The molecule has 0 fully saturated rings. The van der Waals surface area contributed by atoms with E-state index in [0.29, 0.717) is 0 Å². The molecule has 0 atom stereocenters.